The number of primary amides is 1. The molecule has 206 valence electrons. The number of methoxy groups -OCH3 is 2. The molecule has 8 nitrogen and oxygen atoms in total. The number of amides is 2. The third-order valence-corrected chi connectivity index (χ3v) is 6.84. The normalized spacial score (nSPS) is 31.4. The van der Waals surface area contributed by atoms with E-state index >= 15 is 0 Å². The summed E-state index contributed by atoms with van der Waals surface area (Å²) in [6.45, 7) is 7.35. The van der Waals surface area contributed by atoms with Crippen LogP contribution in [0.2, 0.25) is 0 Å². The average Bonchev–Trinajstić information content (AvgIpc) is 2.84. The standard InChI is InChI=1S/C28H41FN2O6/c1-16-12-20-10-11-21(29)22(15-20)31-27(33)17(2)8-7-9-23(35-5)26(37-28(30)34)19(4)14-18(3)25(32)24(13-16)36-6/h8,10-11,14-16,18,23-26,32H,7,9,12-13H2,1-6H3,(H2,30,34)(H,31,33)/b17-8+,19-14+/t16-,18+,23+,24+,25-,26+/m1/s1. The number of nitrogens with one attached hydrogen (secondary N) is 1. The maximum atomic E-state index is 14.5. The van der Waals surface area contributed by atoms with Crippen LogP contribution in [0.4, 0.5) is 14.9 Å². The molecule has 2 amide bonds. The Morgan fingerprint density at radius 2 is 1.84 bits per heavy atom. The highest BCUT2D eigenvalue weighted by Crippen LogP contribution is 2.26. The number of carbonyl (C=O) groups excluding carboxylic acids is 2. The molecule has 2 rings (SSSR count). The largest absolute Gasteiger partial charge is 0.439 e. The van der Waals surface area contributed by atoms with E-state index in [-0.39, 0.29) is 17.5 Å². The van der Waals surface area contributed by atoms with Crippen molar-refractivity contribution in [1.29, 1.82) is 0 Å². The number of halogens is 1. The Balaban J connectivity index is 2.47. The van der Waals surface area contributed by atoms with Crippen molar-refractivity contribution in [3.63, 3.8) is 0 Å². The van der Waals surface area contributed by atoms with Gasteiger partial charge in [-0.3, -0.25) is 4.79 Å². The topological polar surface area (TPSA) is 120 Å². The maximum Gasteiger partial charge on any atom is 0.405 e. The molecule has 0 aromatic heterocycles. The highest BCUT2D eigenvalue weighted by Gasteiger charge is 2.30. The molecule has 9 heteroatoms. The van der Waals surface area contributed by atoms with E-state index < -0.39 is 42.2 Å². The molecular weight excluding hydrogens is 479 g/mol. The predicted octanol–water partition coefficient (Wildman–Crippen LogP) is 4.51. The van der Waals surface area contributed by atoms with Crippen LogP contribution in [0.3, 0.4) is 0 Å². The van der Waals surface area contributed by atoms with Gasteiger partial charge in [0.15, 0.2) is 6.10 Å². The molecule has 0 aliphatic carbocycles. The first kappa shape index (κ1) is 30.5. The van der Waals surface area contributed by atoms with Crippen molar-refractivity contribution in [2.45, 2.75) is 77.8 Å². The van der Waals surface area contributed by atoms with E-state index in [0.717, 1.165) is 5.56 Å². The molecule has 1 heterocycles. The van der Waals surface area contributed by atoms with Crippen LogP contribution in [0.25, 0.3) is 0 Å². The molecule has 0 fully saturated rings. The van der Waals surface area contributed by atoms with Crippen LogP contribution in [-0.2, 0) is 25.4 Å². The minimum atomic E-state index is -0.940. The van der Waals surface area contributed by atoms with E-state index in [2.05, 4.69) is 5.32 Å². The van der Waals surface area contributed by atoms with Crippen molar-refractivity contribution in [3.05, 3.63) is 52.9 Å². The summed E-state index contributed by atoms with van der Waals surface area (Å²) in [5.41, 5.74) is 7.43. The van der Waals surface area contributed by atoms with E-state index in [9.17, 15) is 19.1 Å². The van der Waals surface area contributed by atoms with Crippen molar-refractivity contribution in [2.75, 3.05) is 19.5 Å². The number of ether oxygens (including phenoxy) is 3. The second kappa shape index (κ2) is 14.3. The molecule has 37 heavy (non-hydrogen) atoms. The number of carbonyl (C=O) groups is 2. The minimum absolute atomic E-state index is 0.0958. The molecule has 1 aliphatic heterocycles. The molecule has 0 saturated heterocycles. The number of hydrogen-bond acceptors (Lipinski definition) is 6. The molecule has 1 aromatic rings. The monoisotopic (exact) mass is 520 g/mol. The molecular formula is C28H41FN2O6. The Bertz CT molecular complexity index is 995. The first-order valence-electron chi connectivity index (χ1n) is 12.6. The molecule has 4 N–H and O–H groups in total. The zero-order valence-corrected chi connectivity index (χ0v) is 22.6. The van der Waals surface area contributed by atoms with Crippen molar-refractivity contribution >= 4 is 17.7 Å². The highest BCUT2D eigenvalue weighted by atomic mass is 19.1. The predicted molar refractivity (Wildman–Crippen MR) is 140 cm³/mol. The number of rotatable bonds is 3. The van der Waals surface area contributed by atoms with E-state index in [1.807, 2.05) is 19.9 Å². The second-order valence-electron chi connectivity index (χ2n) is 9.94. The Kier molecular flexibility index (Phi) is 11.7. The van der Waals surface area contributed by atoms with Gasteiger partial charge < -0.3 is 30.4 Å². The molecule has 0 saturated carbocycles. The van der Waals surface area contributed by atoms with E-state index in [1.54, 1.807) is 39.2 Å². The van der Waals surface area contributed by atoms with Gasteiger partial charge >= 0.3 is 6.09 Å². The van der Waals surface area contributed by atoms with Crippen LogP contribution < -0.4 is 11.1 Å². The summed E-state index contributed by atoms with van der Waals surface area (Å²) >= 11 is 0. The molecule has 0 unspecified atom stereocenters. The summed E-state index contributed by atoms with van der Waals surface area (Å²) in [4.78, 5) is 24.4. The number of fused-ring (bicyclic) bond motifs is 2. The lowest BCUT2D eigenvalue weighted by atomic mass is 9.88. The summed E-state index contributed by atoms with van der Waals surface area (Å²) in [5, 5.41) is 13.7. The summed E-state index contributed by atoms with van der Waals surface area (Å²) in [5.74, 6) is -1.15. The van der Waals surface area contributed by atoms with Crippen LogP contribution in [0.15, 0.2) is 41.5 Å². The molecule has 0 radical (unpaired) electrons. The average molecular weight is 521 g/mol. The van der Waals surface area contributed by atoms with Crippen molar-refractivity contribution in [1.82, 2.24) is 0 Å². The van der Waals surface area contributed by atoms with E-state index in [4.69, 9.17) is 19.9 Å². The maximum absolute atomic E-state index is 14.5. The molecule has 2 bridgehead atoms. The van der Waals surface area contributed by atoms with Gasteiger partial charge in [0.1, 0.15) is 5.82 Å². The van der Waals surface area contributed by atoms with Gasteiger partial charge in [-0.1, -0.05) is 32.1 Å². The van der Waals surface area contributed by atoms with E-state index in [1.165, 1.54) is 13.2 Å². The van der Waals surface area contributed by atoms with Crippen LogP contribution in [0.5, 0.6) is 0 Å². The van der Waals surface area contributed by atoms with Crippen molar-refractivity contribution in [2.24, 2.45) is 17.6 Å². The van der Waals surface area contributed by atoms with Gasteiger partial charge in [0, 0.05) is 25.7 Å². The lowest BCUT2D eigenvalue weighted by molar-refractivity contribution is -0.112. The van der Waals surface area contributed by atoms with Crippen LogP contribution in [-0.4, -0.2) is 55.7 Å². The number of aliphatic hydroxyl groups excluding tert-OH is 1. The Morgan fingerprint density at radius 1 is 1.16 bits per heavy atom. The lowest BCUT2D eigenvalue weighted by Crippen LogP contribution is -2.37. The van der Waals surface area contributed by atoms with Crippen LogP contribution >= 0.6 is 0 Å². The number of hydrogen-bond donors (Lipinski definition) is 3. The lowest BCUT2D eigenvalue weighted by Gasteiger charge is -2.30. The van der Waals surface area contributed by atoms with Crippen molar-refractivity contribution in [3.8, 4) is 0 Å². The SMILES string of the molecule is CO[C@H]1C[C@H](C)Cc2ccc(F)c(c2)NC(=O)/C(C)=C/CC[C@H](OC)[C@@H](OC(N)=O)/C(C)=C/[C@H](C)[C@H]1O. The second-order valence-corrected chi connectivity index (χ2v) is 9.94. The zero-order chi connectivity index (χ0) is 27.7. The Labute approximate surface area is 219 Å². The fraction of sp³-hybridized carbons (Fsp3) is 0.571. The minimum Gasteiger partial charge on any atom is -0.439 e. The first-order valence-corrected chi connectivity index (χ1v) is 12.6. The third-order valence-electron chi connectivity index (χ3n) is 6.84. The fourth-order valence-corrected chi connectivity index (χ4v) is 4.76. The van der Waals surface area contributed by atoms with Crippen molar-refractivity contribution < 1.29 is 33.3 Å². The number of nitrogens with two attached hydrogens (primary N) is 1. The number of benzene rings is 1. The number of allylic oxidation sites excluding steroid dienone is 1. The number of aliphatic hydroxyl groups is 1. The Hall–Kier alpha value is -2.75. The molecule has 1 aliphatic rings. The Morgan fingerprint density at radius 3 is 2.46 bits per heavy atom. The summed E-state index contributed by atoms with van der Waals surface area (Å²) in [6, 6.07) is 4.69. The van der Waals surface area contributed by atoms with Gasteiger partial charge in [0.25, 0.3) is 5.91 Å². The summed E-state index contributed by atoms with van der Waals surface area (Å²) in [6.07, 6.45) is 2.04. The smallest absolute Gasteiger partial charge is 0.405 e. The number of anilines is 1. The highest BCUT2D eigenvalue weighted by molar-refractivity contribution is 6.03. The van der Waals surface area contributed by atoms with Crippen LogP contribution in [0.1, 0.15) is 52.5 Å². The van der Waals surface area contributed by atoms with Crippen LogP contribution in [0, 0.1) is 17.7 Å². The van der Waals surface area contributed by atoms with E-state index in [0.29, 0.717) is 36.8 Å². The first-order chi connectivity index (χ1) is 17.5. The van der Waals surface area contributed by atoms with Gasteiger partial charge in [-0.2, -0.15) is 0 Å². The summed E-state index contributed by atoms with van der Waals surface area (Å²) in [7, 11) is 3.06. The third kappa shape index (κ3) is 8.94. The quantitative estimate of drug-likeness (QED) is 0.505. The van der Waals surface area contributed by atoms with Gasteiger partial charge in [0.05, 0.1) is 24.0 Å². The summed E-state index contributed by atoms with van der Waals surface area (Å²) < 4.78 is 31.1. The molecule has 0 spiro atoms. The van der Waals surface area contributed by atoms with Gasteiger partial charge in [0.2, 0.25) is 0 Å². The van der Waals surface area contributed by atoms with Gasteiger partial charge in [-0.25, -0.2) is 9.18 Å². The fourth-order valence-electron chi connectivity index (χ4n) is 4.76. The van der Waals surface area contributed by atoms with Gasteiger partial charge in [-0.15, -0.1) is 0 Å². The zero-order valence-electron chi connectivity index (χ0n) is 22.6. The van der Waals surface area contributed by atoms with Gasteiger partial charge in [-0.05, 0) is 68.7 Å². The molecule has 6 atom stereocenters. The molecule has 1 aromatic carbocycles.